The SMILES string of the molecule is CN1CCC(NCC2CCCCC2)C1=O. The molecule has 1 aliphatic carbocycles. The molecule has 2 rings (SSSR count). The van der Waals surface area contributed by atoms with Crippen molar-refractivity contribution in [2.45, 2.75) is 44.6 Å². The van der Waals surface area contributed by atoms with Crippen molar-refractivity contribution in [1.29, 1.82) is 0 Å². The summed E-state index contributed by atoms with van der Waals surface area (Å²) in [5, 5.41) is 3.44. The Morgan fingerprint density at radius 2 is 2.00 bits per heavy atom. The molecule has 0 aromatic carbocycles. The van der Waals surface area contributed by atoms with Crippen molar-refractivity contribution in [3.8, 4) is 0 Å². The van der Waals surface area contributed by atoms with Gasteiger partial charge in [0, 0.05) is 13.6 Å². The summed E-state index contributed by atoms with van der Waals surface area (Å²) in [4.78, 5) is 13.5. The van der Waals surface area contributed by atoms with Crippen LogP contribution in [0.5, 0.6) is 0 Å². The lowest BCUT2D eigenvalue weighted by atomic mass is 9.89. The summed E-state index contributed by atoms with van der Waals surface area (Å²) in [6.07, 6.45) is 7.85. The minimum Gasteiger partial charge on any atom is -0.344 e. The van der Waals surface area contributed by atoms with Gasteiger partial charge in [-0.15, -0.1) is 0 Å². The Kier molecular flexibility index (Phi) is 3.62. The van der Waals surface area contributed by atoms with E-state index >= 15 is 0 Å². The average Bonchev–Trinajstić information content (AvgIpc) is 2.59. The number of hydrogen-bond donors (Lipinski definition) is 1. The van der Waals surface area contributed by atoms with Crippen LogP contribution in [0.4, 0.5) is 0 Å². The summed E-state index contributed by atoms with van der Waals surface area (Å²) in [6, 6.07) is 0.108. The molecule has 0 radical (unpaired) electrons. The maximum atomic E-state index is 11.6. The number of nitrogens with one attached hydrogen (secondary N) is 1. The van der Waals surface area contributed by atoms with E-state index < -0.39 is 0 Å². The third kappa shape index (κ3) is 2.71. The molecule has 1 unspecified atom stereocenters. The van der Waals surface area contributed by atoms with E-state index in [1.165, 1.54) is 32.1 Å². The summed E-state index contributed by atoms with van der Waals surface area (Å²) in [7, 11) is 1.89. The molecule has 3 nitrogen and oxygen atoms in total. The van der Waals surface area contributed by atoms with Crippen molar-refractivity contribution >= 4 is 5.91 Å². The van der Waals surface area contributed by atoms with Crippen LogP contribution in [0.3, 0.4) is 0 Å². The Morgan fingerprint density at radius 3 is 2.60 bits per heavy atom. The van der Waals surface area contributed by atoms with Crippen molar-refractivity contribution in [3.05, 3.63) is 0 Å². The summed E-state index contributed by atoms with van der Waals surface area (Å²) in [6.45, 7) is 1.96. The number of rotatable bonds is 3. The minimum atomic E-state index is 0.108. The van der Waals surface area contributed by atoms with Gasteiger partial charge in [0.15, 0.2) is 0 Å². The fraction of sp³-hybridized carbons (Fsp3) is 0.917. The first kappa shape index (κ1) is 10.9. The van der Waals surface area contributed by atoms with Gasteiger partial charge in [-0.05, 0) is 31.7 Å². The third-order valence-electron chi connectivity index (χ3n) is 3.81. The van der Waals surface area contributed by atoms with Gasteiger partial charge < -0.3 is 10.2 Å². The highest BCUT2D eigenvalue weighted by molar-refractivity contribution is 5.83. The van der Waals surface area contributed by atoms with Gasteiger partial charge >= 0.3 is 0 Å². The molecule has 1 atom stereocenters. The summed E-state index contributed by atoms with van der Waals surface area (Å²) < 4.78 is 0. The first-order valence-corrected chi connectivity index (χ1v) is 6.26. The molecule has 86 valence electrons. The second-order valence-electron chi connectivity index (χ2n) is 5.01. The van der Waals surface area contributed by atoms with Gasteiger partial charge in [0.2, 0.25) is 5.91 Å². The van der Waals surface area contributed by atoms with Crippen molar-refractivity contribution < 1.29 is 4.79 Å². The van der Waals surface area contributed by atoms with Crippen LogP contribution >= 0.6 is 0 Å². The highest BCUT2D eigenvalue weighted by atomic mass is 16.2. The molecule has 15 heavy (non-hydrogen) atoms. The Hall–Kier alpha value is -0.570. The van der Waals surface area contributed by atoms with Crippen LogP contribution < -0.4 is 5.32 Å². The van der Waals surface area contributed by atoms with Gasteiger partial charge in [0.05, 0.1) is 6.04 Å². The Labute approximate surface area is 92.2 Å². The summed E-state index contributed by atoms with van der Waals surface area (Å²) in [5.41, 5.74) is 0. The van der Waals surface area contributed by atoms with Crippen LogP contribution in [-0.4, -0.2) is 37.0 Å². The molecule has 2 aliphatic rings. The first-order chi connectivity index (χ1) is 7.27. The standard InChI is InChI=1S/C12H22N2O/c1-14-8-7-11(12(14)15)13-9-10-5-3-2-4-6-10/h10-11,13H,2-9H2,1H3. The fourth-order valence-corrected chi connectivity index (χ4v) is 2.71. The number of likely N-dealkylation sites (tertiary alicyclic amines) is 1. The maximum absolute atomic E-state index is 11.6. The highest BCUT2D eigenvalue weighted by Gasteiger charge is 2.29. The second kappa shape index (κ2) is 4.97. The predicted molar refractivity (Wildman–Crippen MR) is 60.6 cm³/mol. The zero-order valence-corrected chi connectivity index (χ0v) is 9.67. The van der Waals surface area contributed by atoms with Crippen LogP contribution in [0.15, 0.2) is 0 Å². The molecular weight excluding hydrogens is 188 g/mol. The molecular formula is C12H22N2O. The normalized spacial score (nSPS) is 28.7. The number of likely N-dealkylation sites (N-methyl/N-ethyl adjacent to an activating group) is 1. The molecule has 1 amide bonds. The van der Waals surface area contributed by atoms with E-state index in [4.69, 9.17) is 0 Å². The quantitative estimate of drug-likeness (QED) is 0.763. The monoisotopic (exact) mass is 210 g/mol. The zero-order valence-electron chi connectivity index (χ0n) is 9.67. The Bertz CT molecular complexity index is 224. The smallest absolute Gasteiger partial charge is 0.239 e. The van der Waals surface area contributed by atoms with E-state index in [0.29, 0.717) is 0 Å². The fourth-order valence-electron chi connectivity index (χ4n) is 2.71. The van der Waals surface area contributed by atoms with E-state index in [1.807, 2.05) is 11.9 Å². The zero-order chi connectivity index (χ0) is 10.7. The lowest BCUT2D eigenvalue weighted by Gasteiger charge is -2.23. The van der Waals surface area contributed by atoms with E-state index in [-0.39, 0.29) is 11.9 Å². The number of amides is 1. The topological polar surface area (TPSA) is 32.3 Å². The molecule has 0 aromatic heterocycles. The van der Waals surface area contributed by atoms with Gasteiger partial charge in [0.1, 0.15) is 0 Å². The average molecular weight is 210 g/mol. The molecule has 3 heteroatoms. The molecule has 0 aromatic rings. The molecule has 0 spiro atoms. The van der Waals surface area contributed by atoms with Gasteiger partial charge in [0.25, 0.3) is 0 Å². The molecule has 2 fully saturated rings. The predicted octanol–water partition coefficient (Wildman–Crippen LogP) is 1.39. The molecule has 0 bridgehead atoms. The summed E-state index contributed by atoms with van der Waals surface area (Å²) >= 11 is 0. The molecule has 1 saturated heterocycles. The Balaban J connectivity index is 1.71. The van der Waals surface area contributed by atoms with Crippen molar-refractivity contribution in [2.75, 3.05) is 20.1 Å². The van der Waals surface area contributed by atoms with E-state index in [1.54, 1.807) is 0 Å². The van der Waals surface area contributed by atoms with E-state index in [0.717, 1.165) is 25.4 Å². The van der Waals surface area contributed by atoms with Gasteiger partial charge in [-0.2, -0.15) is 0 Å². The summed E-state index contributed by atoms with van der Waals surface area (Å²) in [5.74, 6) is 1.10. The number of nitrogens with zero attached hydrogens (tertiary/aromatic N) is 1. The largest absolute Gasteiger partial charge is 0.344 e. The minimum absolute atomic E-state index is 0.108. The number of carbonyl (C=O) groups is 1. The van der Waals surface area contributed by atoms with Gasteiger partial charge in [-0.3, -0.25) is 4.79 Å². The number of carbonyl (C=O) groups excluding carboxylic acids is 1. The second-order valence-corrected chi connectivity index (χ2v) is 5.01. The molecule has 1 N–H and O–H groups in total. The van der Waals surface area contributed by atoms with Crippen LogP contribution in [0.2, 0.25) is 0 Å². The van der Waals surface area contributed by atoms with Crippen molar-refractivity contribution in [3.63, 3.8) is 0 Å². The van der Waals surface area contributed by atoms with Crippen LogP contribution in [0.25, 0.3) is 0 Å². The van der Waals surface area contributed by atoms with Crippen molar-refractivity contribution in [1.82, 2.24) is 10.2 Å². The molecule has 1 saturated carbocycles. The van der Waals surface area contributed by atoms with Gasteiger partial charge in [-0.1, -0.05) is 19.3 Å². The lowest BCUT2D eigenvalue weighted by Crippen LogP contribution is -2.39. The highest BCUT2D eigenvalue weighted by Crippen LogP contribution is 2.23. The van der Waals surface area contributed by atoms with E-state index in [9.17, 15) is 4.79 Å². The van der Waals surface area contributed by atoms with Crippen LogP contribution in [-0.2, 0) is 4.79 Å². The Morgan fingerprint density at radius 1 is 1.27 bits per heavy atom. The molecule has 1 aliphatic heterocycles. The van der Waals surface area contributed by atoms with E-state index in [2.05, 4.69) is 5.32 Å². The number of hydrogen-bond acceptors (Lipinski definition) is 2. The third-order valence-corrected chi connectivity index (χ3v) is 3.81. The first-order valence-electron chi connectivity index (χ1n) is 6.26. The van der Waals surface area contributed by atoms with Crippen molar-refractivity contribution in [2.24, 2.45) is 5.92 Å². The molecule has 1 heterocycles. The lowest BCUT2D eigenvalue weighted by molar-refractivity contribution is -0.128. The van der Waals surface area contributed by atoms with Crippen LogP contribution in [0.1, 0.15) is 38.5 Å². The van der Waals surface area contributed by atoms with Gasteiger partial charge in [-0.25, -0.2) is 0 Å². The van der Waals surface area contributed by atoms with Crippen LogP contribution in [0, 0.1) is 5.92 Å². The maximum Gasteiger partial charge on any atom is 0.239 e.